The first-order chi connectivity index (χ1) is 8.15. The van der Waals surface area contributed by atoms with Gasteiger partial charge < -0.3 is 5.32 Å². The third-order valence-corrected chi connectivity index (χ3v) is 5.26. The molecule has 0 aromatic heterocycles. The van der Waals surface area contributed by atoms with E-state index in [4.69, 9.17) is 0 Å². The molecule has 0 amide bonds. The van der Waals surface area contributed by atoms with Crippen LogP contribution in [0.4, 0.5) is 13.2 Å². The summed E-state index contributed by atoms with van der Waals surface area (Å²) in [7, 11) is 0. The monoisotopic (exact) mass is 263 g/mol. The molecule has 0 spiro atoms. The zero-order valence-corrected chi connectivity index (χ0v) is 11.5. The van der Waals surface area contributed by atoms with Crippen LogP contribution >= 0.6 is 0 Å². The first-order valence-electron chi connectivity index (χ1n) is 6.95. The molecule has 4 heteroatoms. The van der Waals surface area contributed by atoms with Gasteiger partial charge in [0.2, 0.25) is 0 Å². The smallest absolute Gasteiger partial charge is 0.313 e. The second-order valence-electron chi connectivity index (χ2n) is 7.02. The summed E-state index contributed by atoms with van der Waals surface area (Å²) in [5.74, 6) is 0.739. The van der Waals surface area contributed by atoms with Crippen LogP contribution in [0.3, 0.4) is 0 Å². The van der Waals surface area contributed by atoms with E-state index in [1.54, 1.807) is 0 Å². The first-order valence-corrected chi connectivity index (χ1v) is 6.95. The molecule has 0 saturated heterocycles. The van der Waals surface area contributed by atoms with E-state index < -0.39 is 12.6 Å². The molecule has 0 aromatic rings. The lowest BCUT2D eigenvalue weighted by Crippen LogP contribution is -2.50. The van der Waals surface area contributed by atoms with Crippen molar-refractivity contribution in [3.05, 3.63) is 0 Å². The van der Waals surface area contributed by atoms with E-state index in [1.807, 2.05) is 0 Å². The van der Waals surface area contributed by atoms with Crippen molar-refractivity contribution in [1.82, 2.24) is 5.32 Å². The molecule has 2 rings (SSSR count). The maximum Gasteiger partial charge on any atom is 0.389 e. The SMILES string of the molecule is CC1(C)C(NCCCC(F)(F)F)[C@]2(C)CC[C@H]1C2. The Morgan fingerprint density at radius 1 is 1.22 bits per heavy atom. The summed E-state index contributed by atoms with van der Waals surface area (Å²) in [6.07, 6.45) is -0.765. The van der Waals surface area contributed by atoms with Crippen molar-refractivity contribution in [1.29, 1.82) is 0 Å². The number of rotatable bonds is 4. The van der Waals surface area contributed by atoms with E-state index in [9.17, 15) is 13.2 Å². The second kappa shape index (κ2) is 4.39. The summed E-state index contributed by atoms with van der Waals surface area (Å²) in [5.41, 5.74) is 0.525. The molecular formula is C14H24F3N. The summed E-state index contributed by atoms with van der Waals surface area (Å²) < 4.78 is 36.3. The molecule has 1 N–H and O–H groups in total. The van der Waals surface area contributed by atoms with E-state index >= 15 is 0 Å². The van der Waals surface area contributed by atoms with Crippen LogP contribution in [0.25, 0.3) is 0 Å². The van der Waals surface area contributed by atoms with Crippen molar-refractivity contribution in [3.63, 3.8) is 0 Å². The van der Waals surface area contributed by atoms with Crippen LogP contribution < -0.4 is 5.32 Å². The number of hydrogen-bond acceptors (Lipinski definition) is 1. The predicted molar refractivity (Wildman–Crippen MR) is 66.3 cm³/mol. The van der Waals surface area contributed by atoms with Crippen molar-refractivity contribution in [2.45, 2.75) is 65.1 Å². The molecule has 2 aliphatic rings. The van der Waals surface area contributed by atoms with E-state index in [2.05, 4.69) is 26.1 Å². The fourth-order valence-corrected chi connectivity index (χ4v) is 4.35. The molecule has 0 aliphatic heterocycles. The van der Waals surface area contributed by atoms with Crippen molar-refractivity contribution in [3.8, 4) is 0 Å². The van der Waals surface area contributed by atoms with Crippen LogP contribution in [-0.2, 0) is 0 Å². The predicted octanol–water partition coefficient (Wildman–Crippen LogP) is 4.13. The Balaban J connectivity index is 1.86. The minimum absolute atomic E-state index is 0.191. The average Bonchev–Trinajstić information content (AvgIpc) is 2.66. The Hall–Kier alpha value is -0.250. The van der Waals surface area contributed by atoms with Gasteiger partial charge >= 0.3 is 6.18 Å². The third kappa shape index (κ3) is 2.54. The summed E-state index contributed by atoms with van der Waals surface area (Å²) >= 11 is 0. The Labute approximate surface area is 108 Å². The molecule has 2 aliphatic carbocycles. The van der Waals surface area contributed by atoms with E-state index in [0.717, 1.165) is 5.92 Å². The van der Waals surface area contributed by atoms with Gasteiger partial charge in [0.25, 0.3) is 0 Å². The van der Waals surface area contributed by atoms with Gasteiger partial charge in [0.05, 0.1) is 0 Å². The quantitative estimate of drug-likeness (QED) is 0.752. The highest BCUT2D eigenvalue weighted by molar-refractivity contribution is 5.11. The van der Waals surface area contributed by atoms with Crippen LogP contribution in [0, 0.1) is 16.7 Å². The van der Waals surface area contributed by atoms with Gasteiger partial charge in [-0.3, -0.25) is 0 Å². The van der Waals surface area contributed by atoms with Crippen molar-refractivity contribution < 1.29 is 13.2 Å². The molecular weight excluding hydrogens is 239 g/mol. The average molecular weight is 263 g/mol. The lowest BCUT2D eigenvalue weighted by Gasteiger charge is -2.43. The van der Waals surface area contributed by atoms with Crippen molar-refractivity contribution >= 4 is 0 Å². The van der Waals surface area contributed by atoms with Gasteiger partial charge in [-0.15, -0.1) is 0 Å². The minimum Gasteiger partial charge on any atom is -0.313 e. The topological polar surface area (TPSA) is 12.0 Å². The molecule has 0 aromatic carbocycles. The number of nitrogens with one attached hydrogen (secondary N) is 1. The Kier molecular flexibility index (Phi) is 3.46. The van der Waals surface area contributed by atoms with Gasteiger partial charge in [-0.2, -0.15) is 13.2 Å². The molecule has 1 unspecified atom stereocenters. The van der Waals surface area contributed by atoms with Gasteiger partial charge in [-0.1, -0.05) is 20.8 Å². The molecule has 2 bridgehead atoms. The summed E-state index contributed by atoms with van der Waals surface area (Å²) in [5, 5.41) is 3.42. The molecule has 0 radical (unpaired) electrons. The molecule has 18 heavy (non-hydrogen) atoms. The Bertz CT molecular complexity index is 306. The molecule has 106 valence electrons. The zero-order valence-electron chi connectivity index (χ0n) is 11.5. The highest BCUT2D eigenvalue weighted by atomic mass is 19.4. The normalized spacial score (nSPS) is 38.3. The van der Waals surface area contributed by atoms with Crippen molar-refractivity contribution in [2.75, 3.05) is 6.54 Å². The van der Waals surface area contributed by atoms with Gasteiger partial charge in [0, 0.05) is 12.5 Å². The lowest BCUT2D eigenvalue weighted by atomic mass is 9.68. The lowest BCUT2D eigenvalue weighted by molar-refractivity contribution is -0.135. The number of alkyl halides is 3. The first kappa shape index (κ1) is 14.2. The van der Waals surface area contributed by atoms with E-state index in [1.165, 1.54) is 19.3 Å². The standard InChI is InChI=1S/C14H24F3N/c1-12(2)10-5-7-13(3,9-10)11(12)18-8-4-6-14(15,16)17/h10-11,18H,4-9H2,1-3H3/t10-,11?,13+/m0/s1. The third-order valence-electron chi connectivity index (χ3n) is 5.26. The number of fused-ring (bicyclic) bond motifs is 2. The van der Waals surface area contributed by atoms with Crippen LogP contribution in [-0.4, -0.2) is 18.8 Å². The minimum atomic E-state index is -4.02. The second-order valence-corrected chi connectivity index (χ2v) is 7.02. The van der Waals surface area contributed by atoms with Crippen LogP contribution in [0.2, 0.25) is 0 Å². The molecule has 3 atom stereocenters. The maximum absolute atomic E-state index is 12.1. The fourth-order valence-electron chi connectivity index (χ4n) is 4.35. The molecule has 0 heterocycles. The molecule has 2 fully saturated rings. The van der Waals surface area contributed by atoms with E-state index in [0.29, 0.717) is 18.0 Å². The van der Waals surface area contributed by atoms with Crippen LogP contribution in [0.15, 0.2) is 0 Å². The highest BCUT2D eigenvalue weighted by Crippen LogP contribution is 2.62. The van der Waals surface area contributed by atoms with E-state index in [-0.39, 0.29) is 11.8 Å². The highest BCUT2D eigenvalue weighted by Gasteiger charge is 2.58. The van der Waals surface area contributed by atoms with Gasteiger partial charge in [0.1, 0.15) is 0 Å². The van der Waals surface area contributed by atoms with Crippen molar-refractivity contribution in [2.24, 2.45) is 16.7 Å². The van der Waals surface area contributed by atoms with Crippen LogP contribution in [0.1, 0.15) is 52.9 Å². The molecule has 2 saturated carbocycles. The fraction of sp³-hybridized carbons (Fsp3) is 1.00. The maximum atomic E-state index is 12.1. The van der Waals surface area contributed by atoms with Gasteiger partial charge in [0.15, 0.2) is 0 Å². The summed E-state index contributed by atoms with van der Waals surface area (Å²) in [6.45, 7) is 7.31. The summed E-state index contributed by atoms with van der Waals surface area (Å²) in [4.78, 5) is 0. The van der Waals surface area contributed by atoms with Gasteiger partial charge in [-0.25, -0.2) is 0 Å². The zero-order chi connectivity index (χ0) is 13.6. The Morgan fingerprint density at radius 2 is 1.89 bits per heavy atom. The largest absolute Gasteiger partial charge is 0.389 e. The van der Waals surface area contributed by atoms with Gasteiger partial charge in [-0.05, 0) is 49.0 Å². The Morgan fingerprint density at radius 3 is 2.39 bits per heavy atom. The summed E-state index contributed by atoms with van der Waals surface area (Å²) in [6, 6.07) is 0.372. The van der Waals surface area contributed by atoms with Crippen LogP contribution in [0.5, 0.6) is 0 Å². The number of halogens is 3. The molecule has 1 nitrogen and oxygen atoms in total. The number of hydrogen-bond donors (Lipinski definition) is 1.